The highest BCUT2D eigenvalue weighted by molar-refractivity contribution is 5.81. The van der Waals surface area contributed by atoms with Crippen LogP contribution >= 0.6 is 0 Å². The molecule has 0 aliphatic rings. The summed E-state index contributed by atoms with van der Waals surface area (Å²) in [7, 11) is 0. The molecule has 1 aromatic heterocycles. The number of hydrogen-bond acceptors (Lipinski definition) is 2. The first-order valence-electron chi connectivity index (χ1n) is 5.64. The lowest BCUT2D eigenvalue weighted by Crippen LogP contribution is -2.07. The maximum Gasteiger partial charge on any atom is 0.290 e. The van der Waals surface area contributed by atoms with Crippen LogP contribution in [0.2, 0.25) is 0 Å². The van der Waals surface area contributed by atoms with Gasteiger partial charge in [0.1, 0.15) is 17.0 Å². The topological polar surface area (TPSA) is 30.2 Å². The summed E-state index contributed by atoms with van der Waals surface area (Å²) in [5.74, 6) is -0.450. The summed E-state index contributed by atoms with van der Waals surface area (Å²) in [6.07, 6.45) is 0. The molecule has 3 rings (SSSR count). The fraction of sp³-hybridized carbons (Fsp3) is 0. The Morgan fingerprint density at radius 3 is 2.32 bits per heavy atom. The van der Waals surface area contributed by atoms with Crippen molar-refractivity contribution in [1.29, 1.82) is 0 Å². The summed E-state index contributed by atoms with van der Waals surface area (Å²) in [5.41, 5.74) is -0.168. The van der Waals surface area contributed by atoms with E-state index in [1.165, 1.54) is 30.3 Å². The third kappa shape index (κ3) is 1.91. The molecule has 94 valence electrons. The molecule has 0 saturated carbocycles. The van der Waals surface area contributed by atoms with E-state index >= 15 is 0 Å². The first-order chi connectivity index (χ1) is 9.16. The molecular formula is C15H8F2O2. The van der Waals surface area contributed by atoms with E-state index < -0.39 is 17.3 Å². The second-order valence-corrected chi connectivity index (χ2v) is 4.08. The first-order valence-corrected chi connectivity index (χ1v) is 5.64. The van der Waals surface area contributed by atoms with Crippen LogP contribution in [-0.2, 0) is 0 Å². The fourth-order valence-electron chi connectivity index (χ4n) is 1.98. The minimum atomic E-state index is -0.963. The summed E-state index contributed by atoms with van der Waals surface area (Å²) >= 11 is 0. The van der Waals surface area contributed by atoms with Crippen LogP contribution in [0.15, 0.2) is 57.7 Å². The van der Waals surface area contributed by atoms with Gasteiger partial charge >= 0.3 is 0 Å². The van der Waals surface area contributed by atoms with Gasteiger partial charge in [-0.1, -0.05) is 24.3 Å². The van der Waals surface area contributed by atoms with E-state index in [0.717, 1.165) is 0 Å². The van der Waals surface area contributed by atoms with E-state index in [1.54, 1.807) is 18.2 Å². The molecule has 0 aliphatic carbocycles. The summed E-state index contributed by atoms with van der Waals surface area (Å²) in [5, 5.41) is 0.295. The van der Waals surface area contributed by atoms with Gasteiger partial charge in [-0.05, 0) is 29.8 Å². The molecule has 0 atom stereocenters. The average molecular weight is 258 g/mol. The van der Waals surface area contributed by atoms with Crippen LogP contribution in [0.3, 0.4) is 0 Å². The normalized spacial score (nSPS) is 10.8. The molecule has 0 spiro atoms. The van der Waals surface area contributed by atoms with E-state index in [2.05, 4.69) is 0 Å². The van der Waals surface area contributed by atoms with Crippen LogP contribution in [0.25, 0.3) is 22.1 Å². The molecular weight excluding hydrogens is 250 g/mol. The number of rotatable bonds is 1. The van der Waals surface area contributed by atoms with E-state index in [0.29, 0.717) is 10.9 Å². The Kier molecular flexibility index (Phi) is 2.63. The van der Waals surface area contributed by atoms with Crippen LogP contribution < -0.4 is 5.43 Å². The van der Waals surface area contributed by atoms with E-state index in [9.17, 15) is 13.6 Å². The van der Waals surface area contributed by atoms with E-state index in [4.69, 9.17) is 4.42 Å². The molecule has 0 unspecified atom stereocenters. The quantitative estimate of drug-likeness (QED) is 0.665. The number of para-hydroxylation sites is 1. The smallest absolute Gasteiger partial charge is 0.290 e. The molecule has 0 bridgehead atoms. The molecule has 3 aromatic rings. The summed E-state index contributed by atoms with van der Waals surface area (Å²) in [6, 6.07) is 10.5. The van der Waals surface area contributed by atoms with Gasteiger partial charge in [0.25, 0.3) is 6.01 Å². The van der Waals surface area contributed by atoms with Gasteiger partial charge in [0.05, 0.1) is 5.39 Å². The lowest BCUT2D eigenvalue weighted by molar-refractivity contribution is 0.373. The molecule has 1 heterocycles. The van der Waals surface area contributed by atoms with Crippen LogP contribution in [-0.4, -0.2) is 0 Å². The Labute approximate surface area is 106 Å². The van der Waals surface area contributed by atoms with Crippen molar-refractivity contribution < 1.29 is 13.2 Å². The Bertz CT molecular complexity index is 804. The van der Waals surface area contributed by atoms with Crippen LogP contribution in [0, 0.1) is 11.8 Å². The molecule has 0 saturated heterocycles. The number of hydrogen-bond donors (Lipinski definition) is 0. The summed E-state index contributed by atoms with van der Waals surface area (Å²) in [6.45, 7) is 0. The van der Waals surface area contributed by atoms with Gasteiger partial charge < -0.3 is 4.42 Å². The maximum atomic E-state index is 13.9. The van der Waals surface area contributed by atoms with Gasteiger partial charge in [-0.2, -0.15) is 4.39 Å². The molecule has 0 amide bonds. The van der Waals surface area contributed by atoms with Crippen molar-refractivity contribution in [1.82, 2.24) is 0 Å². The van der Waals surface area contributed by atoms with Crippen LogP contribution in [0.4, 0.5) is 8.78 Å². The highest BCUT2D eigenvalue weighted by Crippen LogP contribution is 2.23. The lowest BCUT2D eigenvalue weighted by Gasteiger charge is -2.04. The minimum Gasteiger partial charge on any atom is -0.430 e. The monoisotopic (exact) mass is 258 g/mol. The SMILES string of the molecule is O=c1c(-c2ccc(F)cc2)c(F)oc2ccccc12. The summed E-state index contributed by atoms with van der Waals surface area (Å²) < 4.78 is 31.8. The van der Waals surface area contributed by atoms with Crippen molar-refractivity contribution in [2.45, 2.75) is 0 Å². The number of benzene rings is 2. The predicted molar refractivity (Wildman–Crippen MR) is 67.8 cm³/mol. The Hall–Kier alpha value is -2.49. The number of fused-ring (bicyclic) bond motifs is 1. The third-order valence-corrected chi connectivity index (χ3v) is 2.89. The molecule has 2 aromatic carbocycles. The fourth-order valence-corrected chi connectivity index (χ4v) is 1.98. The van der Waals surface area contributed by atoms with Crippen molar-refractivity contribution in [3.05, 3.63) is 70.6 Å². The Morgan fingerprint density at radius 2 is 1.58 bits per heavy atom. The van der Waals surface area contributed by atoms with Gasteiger partial charge in [-0.25, -0.2) is 4.39 Å². The lowest BCUT2D eigenvalue weighted by atomic mass is 10.1. The van der Waals surface area contributed by atoms with Crippen LogP contribution in [0.5, 0.6) is 0 Å². The highest BCUT2D eigenvalue weighted by Gasteiger charge is 2.15. The molecule has 0 fully saturated rings. The maximum absolute atomic E-state index is 13.9. The van der Waals surface area contributed by atoms with Gasteiger partial charge in [0, 0.05) is 0 Å². The zero-order valence-corrected chi connectivity index (χ0v) is 9.69. The Morgan fingerprint density at radius 1 is 0.895 bits per heavy atom. The second-order valence-electron chi connectivity index (χ2n) is 4.08. The molecule has 2 nitrogen and oxygen atoms in total. The van der Waals surface area contributed by atoms with Crippen molar-refractivity contribution in [2.24, 2.45) is 0 Å². The molecule has 0 aliphatic heterocycles. The zero-order chi connectivity index (χ0) is 13.4. The van der Waals surface area contributed by atoms with Gasteiger partial charge in [0.15, 0.2) is 0 Å². The second kappa shape index (κ2) is 4.31. The number of halogens is 2. The first kappa shape index (κ1) is 11.6. The average Bonchev–Trinajstić information content (AvgIpc) is 2.41. The molecule has 0 radical (unpaired) electrons. The Balaban J connectivity index is 2.35. The van der Waals surface area contributed by atoms with Gasteiger partial charge in [-0.15, -0.1) is 0 Å². The molecule has 0 N–H and O–H groups in total. The molecule has 19 heavy (non-hydrogen) atoms. The highest BCUT2D eigenvalue weighted by atomic mass is 19.1. The largest absolute Gasteiger partial charge is 0.430 e. The standard InChI is InChI=1S/C15H8F2O2/c16-10-7-5-9(6-8-10)13-14(18)11-3-1-2-4-12(11)19-15(13)17/h1-8H. The van der Waals surface area contributed by atoms with Crippen molar-refractivity contribution in [3.8, 4) is 11.1 Å². The minimum absolute atomic E-state index is 0.182. The van der Waals surface area contributed by atoms with Crippen molar-refractivity contribution in [2.75, 3.05) is 0 Å². The van der Waals surface area contributed by atoms with Crippen LogP contribution in [0.1, 0.15) is 0 Å². The summed E-state index contributed by atoms with van der Waals surface area (Å²) in [4.78, 5) is 12.2. The van der Waals surface area contributed by atoms with E-state index in [-0.39, 0.29) is 11.1 Å². The third-order valence-electron chi connectivity index (χ3n) is 2.89. The van der Waals surface area contributed by atoms with Gasteiger partial charge in [0.2, 0.25) is 5.43 Å². The molecule has 4 heteroatoms. The van der Waals surface area contributed by atoms with E-state index in [1.807, 2.05) is 0 Å². The van der Waals surface area contributed by atoms with Crippen molar-refractivity contribution >= 4 is 11.0 Å². The predicted octanol–water partition coefficient (Wildman–Crippen LogP) is 3.74. The zero-order valence-electron chi connectivity index (χ0n) is 9.69. The van der Waals surface area contributed by atoms with Gasteiger partial charge in [-0.3, -0.25) is 4.79 Å². The van der Waals surface area contributed by atoms with Crippen molar-refractivity contribution in [3.63, 3.8) is 0 Å².